The van der Waals surface area contributed by atoms with E-state index >= 15 is 0 Å². The lowest BCUT2D eigenvalue weighted by Gasteiger charge is -1.97. The molecule has 0 aromatic rings. The third-order valence-electron chi connectivity index (χ3n) is 0.312. The van der Waals surface area contributed by atoms with Crippen LogP contribution in [0.2, 0.25) is 0 Å². The number of nitrogens with one attached hydrogen (secondary N) is 1. The van der Waals surface area contributed by atoms with Gasteiger partial charge in [-0.05, 0) is 18.5 Å². The molecule has 0 heterocycles. The molecule has 0 aliphatic rings. The second-order valence-electron chi connectivity index (χ2n) is 1.03. The van der Waals surface area contributed by atoms with E-state index in [4.69, 9.17) is 23.2 Å². The lowest BCUT2D eigenvalue weighted by atomic mass is 10.8. The van der Waals surface area contributed by atoms with Crippen LogP contribution in [0.4, 0.5) is 4.79 Å². The van der Waals surface area contributed by atoms with Crippen molar-refractivity contribution in [1.29, 1.82) is 0 Å². The molecular formula is C3H5Cl2NO. The largest absolute Gasteiger partial charge is 0.327 e. The molecule has 4 heteroatoms. The Morgan fingerprint density at radius 1 is 1.86 bits per heavy atom. The van der Waals surface area contributed by atoms with Crippen LogP contribution < -0.4 is 5.32 Å². The first-order valence-electron chi connectivity index (χ1n) is 1.73. The number of carbonyl (C=O) groups excluding carboxylic acids is 1. The molecule has 0 fully saturated rings. The van der Waals surface area contributed by atoms with E-state index < -0.39 is 5.37 Å². The molecule has 0 aromatic heterocycles. The van der Waals surface area contributed by atoms with E-state index in [-0.39, 0.29) is 5.50 Å². The molecule has 2 nitrogen and oxygen atoms in total. The van der Waals surface area contributed by atoms with Crippen LogP contribution in [0.1, 0.15) is 6.92 Å². The van der Waals surface area contributed by atoms with Crippen molar-refractivity contribution in [2.24, 2.45) is 0 Å². The minimum absolute atomic E-state index is 0.384. The van der Waals surface area contributed by atoms with E-state index in [1.165, 1.54) is 0 Å². The number of hydrogen-bond donors (Lipinski definition) is 1. The number of rotatable bonds is 1. The lowest BCUT2D eigenvalue weighted by molar-refractivity contribution is 0.259. The first-order valence-corrected chi connectivity index (χ1v) is 2.54. The quantitative estimate of drug-likeness (QED) is 0.335. The Labute approximate surface area is 51.8 Å². The second kappa shape index (κ2) is 3.10. The fourth-order valence-corrected chi connectivity index (χ4v) is 0.475. The molecule has 0 saturated heterocycles. The van der Waals surface area contributed by atoms with E-state index in [9.17, 15) is 4.79 Å². The Morgan fingerprint density at radius 2 is 2.29 bits per heavy atom. The van der Waals surface area contributed by atoms with E-state index in [0.29, 0.717) is 0 Å². The summed E-state index contributed by atoms with van der Waals surface area (Å²) in [6, 6.07) is 0. The molecule has 42 valence electrons. The summed E-state index contributed by atoms with van der Waals surface area (Å²) in [5, 5.41) is 1.57. The molecule has 0 bridgehead atoms. The van der Waals surface area contributed by atoms with Gasteiger partial charge >= 0.3 is 5.37 Å². The number of hydrogen-bond acceptors (Lipinski definition) is 1. The molecule has 0 saturated carbocycles. The first kappa shape index (κ1) is 7.05. The Hall–Kier alpha value is 0.0500. The van der Waals surface area contributed by atoms with Crippen molar-refractivity contribution < 1.29 is 4.79 Å². The van der Waals surface area contributed by atoms with Gasteiger partial charge < -0.3 is 5.32 Å². The molecule has 0 spiro atoms. The molecule has 0 rings (SSSR count). The van der Waals surface area contributed by atoms with Gasteiger partial charge in [0, 0.05) is 0 Å². The Balaban J connectivity index is 3.13. The van der Waals surface area contributed by atoms with Crippen molar-refractivity contribution in [3.8, 4) is 0 Å². The van der Waals surface area contributed by atoms with Crippen LogP contribution in [0.15, 0.2) is 0 Å². The van der Waals surface area contributed by atoms with E-state index in [2.05, 4.69) is 5.32 Å². The highest BCUT2D eigenvalue weighted by Crippen LogP contribution is 1.88. The van der Waals surface area contributed by atoms with Gasteiger partial charge in [0.25, 0.3) is 0 Å². The molecule has 0 aliphatic heterocycles. The highest BCUT2D eigenvalue weighted by atomic mass is 35.5. The zero-order valence-electron chi connectivity index (χ0n) is 3.74. The molecule has 0 aliphatic carbocycles. The van der Waals surface area contributed by atoms with Gasteiger partial charge in [-0.1, -0.05) is 11.6 Å². The van der Waals surface area contributed by atoms with Crippen molar-refractivity contribution in [3.05, 3.63) is 0 Å². The maximum absolute atomic E-state index is 9.82. The van der Waals surface area contributed by atoms with Crippen LogP contribution in [0.25, 0.3) is 0 Å². The first-order chi connectivity index (χ1) is 3.13. The standard InChI is InChI=1S/C3H5Cl2NO/c1-2(4)6-3(5)7/h2H,1H3,(H,6,7). The average molecular weight is 142 g/mol. The maximum Gasteiger partial charge on any atom is 0.314 e. The SMILES string of the molecule is CC(Cl)NC(=O)Cl. The zero-order chi connectivity index (χ0) is 5.86. The van der Waals surface area contributed by atoms with E-state index in [1.807, 2.05) is 0 Å². The molecule has 1 amide bonds. The fourth-order valence-electron chi connectivity index (χ4n) is 0.156. The van der Waals surface area contributed by atoms with Crippen LogP contribution in [0.3, 0.4) is 0 Å². The van der Waals surface area contributed by atoms with Gasteiger partial charge in [0.15, 0.2) is 0 Å². The number of alkyl halides is 1. The van der Waals surface area contributed by atoms with Gasteiger partial charge in [-0.25, -0.2) is 0 Å². The molecule has 0 radical (unpaired) electrons. The number of halogens is 2. The van der Waals surface area contributed by atoms with Crippen molar-refractivity contribution in [2.75, 3.05) is 0 Å². The third-order valence-corrected chi connectivity index (χ3v) is 0.531. The summed E-state index contributed by atoms with van der Waals surface area (Å²) in [4.78, 5) is 9.82. The fraction of sp³-hybridized carbons (Fsp3) is 0.667. The zero-order valence-corrected chi connectivity index (χ0v) is 5.25. The molecule has 1 N–H and O–H groups in total. The van der Waals surface area contributed by atoms with Crippen LogP contribution >= 0.6 is 23.2 Å². The molecule has 7 heavy (non-hydrogen) atoms. The van der Waals surface area contributed by atoms with Crippen molar-refractivity contribution in [2.45, 2.75) is 12.4 Å². The molecule has 0 aromatic carbocycles. The van der Waals surface area contributed by atoms with Crippen LogP contribution in [-0.2, 0) is 0 Å². The second-order valence-corrected chi connectivity index (χ2v) is 2.03. The van der Waals surface area contributed by atoms with Crippen molar-refractivity contribution in [1.82, 2.24) is 5.32 Å². The Kier molecular flexibility index (Phi) is 3.13. The minimum atomic E-state index is -0.623. The summed E-state index contributed by atoms with van der Waals surface area (Å²) in [5.41, 5.74) is -0.384. The van der Waals surface area contributed by atoms with E-state index in [0.717, 1.165) is 0 Å². The topological polar surface area (TPSA) is 29.1 Å². The average Bonchev–Trinajstić information content (AvgIpc) is 1.27. The monoisotopic (exact) mass is 141 g/mol. The van der Waals surface area contributed by atoms with Crippen molar-refractivity contribution >= 4 is 28.6 Å². The van der Waals surface area contributed by atoms with Gasteiger partial charge in [0.1, 0.15) is 5.50 Å². The smallest absolute Gasteiger partial charge is 0.314 e. The number of carbonyl (C=O) groups is 1. The normalized spacial score (nSPS) is 13.0. The Bertz CT molecular complexity index is 73.3. The summed E-state index contributed by atoms with van der Waals surface area (Å²) in [6.45, 7) is 1.61. The highest BCUT2D eigenvalue weighted by Gasteiger charge is 1.95. The molecule has 1 atom stereocenters. The Morgan fingerprint density at radius 3 is 2.29 bits per heavy atom. The molecule has 1 unspecified atom stereocenters. The third kappa shape index (κ3) is 6.05. The van der Waals surface area contributed by atoms with Crippen LogP contribution in [-0.4, -0.2) is 10.9 Å². The summed E-state index contributed by atoms with van der Waals surface area (Å²) < 4.78 is 0. The van der Waals surface area contributed by atoms with Gasteiger partial charge in [-0.3, -0.25) is 4.79 Å². The summed E-state index contributed by atoms with van der Waals surface area (Å²) >= 11 is 10.1. The molecular weight excluding hydrogens is 137 g/mol. The van der Waals surface area contributed by atoms with Gasteiger partial charge in [0.2, 0.25) is 0 Å². The van der Waals surface area contributed by atoms with Crippen LogP contribution in [0, 0.1) is 0 Å². The maximum atomic E-state index is 9.82. The lowest BCUT2D eigenvalue weighted by Crippen LogP contribution is -2.22. The van der Waals surface area contributed by atoms with Gasteiger partial charge in [-0.15, -0.1) is 0 Å². The highest BCUT2D eigenvalue weighted by molar-refractivity contribution is 6.63. The van der Waals surface area contributed by atoms with Crippen LogP contribution in [0.5, 0.6) is 0 Å². The van der Waals surface area contributed by atoms with Gasteiger partial charge in [0.05, 0.1) is 0 Å². The predicted molar refractivity (Wildman–Crippen MR) is 29.7 cm³/mol. The summed E-state index contributed by atoms with van der Waals surface area (Å²) in [6.07, 6.45) is 0. The van der Waals surface area contributed by atoms with Crippen molar-refractivity contribution in [3.63, 3.8) is 0 Å². The predicted octanol–water partition coefficient (Wildman–Crippen LogP) is 1.52. The summed E-state index contributed by atoms with van der Waals surface area (Å²) in [5.74, 6) is 0. The number of amides is 1. The minimum Gasteiger partial charge on any atom is -0.327 e. The summed E-state index contributed by atoms with van der Waals surface area (Å²) in [7, 11) is 0. The van der Waals surface area contributed by atoms with E-state index in [1.54, 1.807) is 6.92 Å². The van der Waals surface area contributed by atoms with Gasteiger partial charge in [-0.2, -0.15) is 0 Å².